The maximum absolute atomic E-state index is 11.5. The Morgan fingerprint density at radius 2 is 1.75 bits per heavy atom. The Bertz CT molecular complexity index is 415. The van der Waals surface area contributed by atoms with Gasteiger partial charge in [-0.05, 0) is 31.5 Å². The van der Waals surface area contributed by atoms with E-state index in [0.717, 1.165) is 10.9 Å². The van der Waals surface area contributed by atoms with E-state index in [1.54, 1.807) is 6.92 Å². The molecule has 2 nitrogen and oxygen atoms in total. The molecule has 112 valence electrons. The summed E-state index contributed by atoms with van der Waals surface area (Å²) in [7, 11) is 0. The van der Waals surface area contributed by atoms with Gasteiger partial charge < -0.3 is 4.74 Å². The molecule has 0 aliphatic heterocycles. The third-order valence-electron chi connectivity index (χ3n) is 3.33. The number of ketones is 1. The van der Waals surface area contributed by atoms with Gasteiger partial charge in [0.1, 0.15) is 5.75 Å². The summed E-state index contributed by atoms with van der Waals surface area (Å²) in [4.78, 5) is 11.5. The van der Waals surface area contributed by atoms with Crippen molar-refractivity contribution in [3.8, 4) is 5.75 Å². The average Bonchev–Trinajstić information content (AvgIpc) is 2.41. The maximum atomic E-state index is 11.5. The second-order valence-corrected chi connectivity index (χ2v) is 6.08. The summed E-state index contributed by atoms with van der Waals surface area (Å²) < 4.78 is 6.70. The van der Waals surface area contributed by atoms with Crippen LogP contribution in [0.5, 0.6) is 5.75 Å². The van der Waals surface area contributed by atoms with Gasteiger partial charge in [-0.15, -0.1) is 0 Å². The van der Waals surface area contributed by atoms with Crippen LogP contribution in [0.3, 0.4) is 0 Å². The molecule has 0 saturated heterocycles. The molecule has 1 aromatic carbocycles. The largest absolute Gasteiger partial charge is 0.493 e. The first kappa shape index (κ1) is 17.2. The molecule has 0 N–H and O–H groups in total. The van der Waals surface area contributed by atoms with Crippen molar-refractivity contribution in [1.82, 2.24) is 0 Å². The Hall–Kier alpha value is -0.830. The number of hydrogen-bond acceptors (Lipinski definition) is 2. The zero-order valence-corrected chi connectivity index (χ0v) is 14.2. The number of carbonyl (C=O) groups excluding carboxylic acids is 1. The van der Waals surface area contributed by atoms with E-state index in [0.29, 0.717) is 17.9 Å². The van der Waals surface area contributed by atoms with Crippen molar-refractivity contribution in [2.75, 3.05) is 6.61 Å². The molecule has 0 heterocycles. The third-order valence-corrected chi connectivity index (χ3v) is 3.82. The third kappa shape index (κ3) is 6.56. The van der Waals surface area contributed by atoms with Gasteiger partial charge in [-0.1, -0.05) is 61.4 Å². The molecule has 0 radical (unpaired) electrons. The van der Waals surface area contributed by atoms with Gasteiger partial charge in [-0.25, -0.2) is 0 Å². The zero-order valence-electron chi connectivity index (χ0n) is 12.6. The van der Waals surface area contributed by atoms with Gasteiger partial charge in [-0.2, -0.15) is 0 Å². The fraction of sp³-hybridized carbons (Fsp3) is 0.588. The van der Waals surface area contributed by atoms with E-state index in [2.05, 4.69) is 22.9 Å². The highest BCUT2D eigenvalue weighted by molar-refractivity contribution is 9.10. The van der Waals surface area contributed by atoms with Gasteiger partial charge >= 0.3 is 0 Å². The fourth-order valence-electron chi connectivity index (χ4n) is 2.15. The number of rotatable bonds is 10. The predicted octanol–water partition coefficient (Wildman–Crippen LogP) is 5.78. The maximum Gasteiger partial charge on any atom is 0.163 e. The van der Waals surface area contributed by atoms with E-state index >= 15 is 0 Å². The van der Waals surface area contributed by atoms with Crippen molar-refractivity contribution in [2.24, 2.45) is 0 Å². The molecular formula is C17H25BrO2. The lowest BCUT2D eigenvalue weighted by molar-refractivity contribution is 0.101. The summed E-state index contributed by atoms with van der Waals surface area (Å²) in [5.74, 6) is 0.741. The van der Waals surface area contributed by atoms with Crippen molar-refractivity contribution >= 4 is 21.7 Å². The van der Waals surface area contributed by atoms with Gasteiger partial charge in [-0.3, -0.25) is 4.79 Å². The second kappa shape index (κ2) is 9.98. The van der Waals surface area contributed by atoms with Gasteiger partial charge in [0.25, 0.3) is 0 Å². The minimum atomic E-state index is 0.0482. The monoisotopic (exact) mass is 340 g/mol. The zero-order chi connectivity index (χ0) is 14.8. The van der Waals surface area contributed by atoms with Crippen LogP contribution in [0, 0.1) is 0 Å². The van der Waals surface area contributed by atoms with E-state index in [4.69, 9.17) is 4.74 Å². The van der Waals surface area contributed by atoms with Crippen LogP contribution in [0.1, 0.15) is 69.2 Å². The molecule has 0 atom stereocenters. The number of carbonyl (C=O) groups is 1. The lowest BCUT2D eigenvalue weighted by Crippen LogP contribution is -2.03. The summed E-state index contributed by atoms with van der Waals surface area (Å²) in [5, 5.41) is 0. The standard InChI is InChI=1S/C17H25BrO2/c1-3-4-5-6-7-8-9-12-20-17-13-15(18)10-11-16(17)14(2)19/h10-11,13H,3-9,12H2,1-2H3. The highest BCUT2D eigenvalue weighted by Crippen LogP contribution is 2.24. The molecular weight excluding hydrogens is 316 g/mol. The first-order valence-electron chi connectivity index (χ1n) is 7.58. The van der Waals surface area contributed by atoms with Crippen LogP contribution in [0.2, 0.25) is 0 Å². The minimum absolute atomic E-state index is 0.0482. The van der Waals surface area contributed by atoms with Crippen molar-refractivity contribution in [2.45, 2.75) is 58.8 Å². The Morgan fingerprint density at radius 1 is 1.10 bits per heavy atom. The van der Waals surface area contributed by atoms with Gasteiger partial charge in [0.2, 0.25) is 0 Å². The molecule has 0 aliphatic carbocycles. The van der Waals surface area contributed by atoms with Crippen molar-refractivity contribution in [3.63, 3.8) is 0 Å². The van der Waals surface area contributed by atoms with E-state index in [9.17, 15) is 4.79 Å². The van der Waals surface area contributed by atoms with E-state index in [-0.39, 0.29) is 5.78 Å². The number of hydrogen-bond donors (Lipinski definition) is 0. The van der Waals surface area contributed by atoms with Gasteiger partial charge in [0.05, 0.1) is 12.2 Å². The van der Waals surface area contributed by atoms with Crippen molar-refractivity contribution < 1.29 is 9.53 Å². The second-order valence-electron chi connectivity index (χ2n) is 5.17. The van der Waals surface area contributed by atoms with E-state index < -0.39 is 0 Å². The Labute approximate surface area is 131 Å². The summed E-state index contributed by atoms with van der Waals surface area (Å²) in [5.41, 5.74) is 0.663. The minimum Gasteiger partial charge on any atom is -0.493 e. The van der Waals surface area contributed by atoms with E-state index in [1.807, 2.05) is 18.2 Å². The molecule has 0 unspecified atom stereocenters. The molecule has 0 spiro atoms. The number of ether oxygens (including phenoxy) is 1. The van der Waals surface area contributed by atoms with Crippen molar-refractivity contribution in [1.29, 1.82) is 0 Å². The van der Waals surface area contributed by atoms with Crippen LogP contribution in [0.25, 0.3) is 0 Å². The highest BCUT2D eigenvalue weighted by Gasteiger charge is 2.08. The molecule has 0 fully saturated rings. The highest BCUT2D eigenvalue weighted by atomic mass is 79.9. The molecule has 0 saturated carbocycles. The summed E-state index contributed by atoms with van der Waals surface area (Å²) >= 11 is 3.41. The quantitative estimate of drug-likeness (QED) is 0.398. The Morgan fingerprint density at radius 3 is 2.40 bits per heavy atom. The first-order chi connectivity index (χ1) is 9.65. The fourth-order valence-corrected chi connectivity index (χ4v) is 2.49. The van der Waals surface area contributed by atoms with E-state index in [1.165, 1.54) is 38.5 Å². The number of benzene rings is 1. The summed E-state index contributed by atoms with van der Waals surface area (Å²) in [6, 6.07) is 5.56. The topological polar surface area (TPSA) is 26.3 Å². The SMILES string of the molecule is CCCCCCCCCOc1cc(Br)ccc1C(C)=O. The van der Waals surface area contributed by atoms with Gasteiger partial charge in [0, 0.05) is 4.47 Å². The molecule has 20 heavy (non-hydrogen) atoms. The van der Waals surface area contributed by atoms with Crippen molar-refractivity contribution in [3.05, 3.63) is 28.2 Å². The molecule has 1 aromatic rings. The Kier molecular flexibility index (Phi) is 8.59. The Balaban J connectivity index is 2.28. The molecule has 0 amide bonds. The molecule has 0 bridgehead atoms. The molecule has 1 rings (SSSR count). The lowest BCUT2D eigenvalue weighted by Gasteiger charge is -2.10. The average molecular weight is 341 g/mol. The number of unbranched alkanes of at least 4 members (excludes halogenated alkanes) is 6. The van der Waals surface area contributed by atoms with Crippen LogP contribution in [0.4, 0.5) is 0 Å². The number of halogens is 1. The van der Waals surface area contributed by atoms with Gasteiger partial charge in [0.15, 0.2) is 5.78 Å². The predicted molar refractivity (Wildman–Crippen MR) is 87.6 cm³/mol. The first-order valence-corrected chi connectivity index (χ1v) is 8.37. The van der Waals surface area contributed by atoms with Crippen LogP contribution >= 0.6 is 15.9 Å². The smallest absolute Gasteiger partial charge is 0.163 e. The molecule has 3 heteroatoms. The van der Waals surface area contributed by atoms with Crippen LogP contribution < -0.4 is 4.74 Å². The molecule has 0 aliphatic rings. The summed E-state index contributed by atoms with van der Waals surface area (Å²) in [6.07, 6.45) is 8.84. The molecule has 0 aromatic heterocycles. The number of Topliss-reactive ketones (excluding diaryl/α,β-unsaturated/α-hetero) is 1. The lowest BCUT2D eigenvalue weighted by atomic mass is 10.1. The van der Waals surface area contributed by atoms with Crippen LogP contribution in [-0.2, 0) is 0 Å². The van der Waals surface area contributed by atoms with Crippen LogP contribution in [-0.4, -0.2) is 12.4 Å². The normalized spacial score (nSPS) is 10.6. The summed E-state index contributed by atoms with van der Waals surface area (Å²) in [6.45, 7) is 4.49. The van der Waals surface area contributed by atoms with Crippen LogP contribution in [0.15, 0.2) is 22.7 Å².